The van der Waals surface area contributed by atoms with Gasteiger partial charge in [0.25, 0.3) is 0 Å². The average molecular weight is 496 g/mol. The van der Waals surface area contributed by atoms with E-state index < -0.39 is 6.10 Å². The molecule has 0 aliphatic carbocycles. The van der Waals surface area contributed by atoms with Crippen molar-refractivity contribution in [3.63, 3.8) is 0 Å². The SMILES string of the molecule is COc1cccc(Oc2c(CN(CC(C)C)C[C@@H](O)COC(C)(C)C)c(-c3ccccc3)nn2C)c1. The Hall–Kier alpha value is -2.87. The van der Waals surface area contributed by atoms with E-state index in [0.29, 0.717) is 30.6 Å². The molecular formula is C29H41N3O4. The second-order valence-electron chi connectivity index (χ2n) is 10.6. The molecule has 0 bridgehead atoms. The number of benzene rings is 2. The topological polar surface area (TPSA) is 69.0 Å². The van der Waals surface area contributed by atoms with Crippen LogP contribution in [0.5, 0.6) is 17.4 Å². The molecule has 7 heteroatoms. The fourth-order valence-electron chi connectivity index (χ4n) is 4.07. The maximum absolute atomic E-state index is 10.8. The van der Waals surface area contributed by atoms with Gasteiger partial charge >= 0.3 is 0 Å². The molecule has 0 aliphatic heterocycles. The van der Waals surface area contributed by atoms with Gasteiger partial charge in [-0.15, -0.1) is 0 Å². The van der Waals surface area contributed by atoms with Gasteiger partial charge in [-0.05, 0) is 38.8 Å². The number of nitrogens with zero attached hydrogens (tertiary/aromatic N) is 3. The molecule has 36 heavy (non-hydrogen) atoms. The van der Waals surface area contributed by atoms with Crippen molar-refractivity contribution < 1.29 is 19.3 Å². The molecule has 0 unspecified atom stereocenters. The Kier molecular flexibility index (Phi) is 9.54. The van der Waals surface area contributed by atoms with Gasteiger partial charge in [0, 0.05) is 38.3 Å². The molecular weight excluding hydrogens is 454 g/mol. The van der Waals surface area contributed by atoms with Gasteiger partial charge in [0.15, 0.2) is 0 Å². The Labute approximate surface area is 215 Å². The zero-order chi connectivity index (χ0) is 26.3. The number of rotatable bonds is 12. The number of aliphatic hydroxyl groups is 1. The van der Waals surface area contributed by atoms with Crippen molar-refractivity contribution in [2.75, 3.05) is 26.8 Å². The summed E-state index contributed by atoms with van der Waals surface area (Å²) in [5.41, 5.74) is 2.55. The van der Waals surface area contributed by atoms with Crippen LogP contribution in [0.2, 0.25) is 0 Å². The molecule has 0 saturated heterocycles. The zero-order valence-electron chi connectivity index (χ0n) is 22.7. The highest BCUT2D eigenvalue weighted by Gasteiger charge is 2.24. The van der Waals surface area contributed by atoms with Crippen molar-refractivity contribution >= 4 is 0 Å². The molecule has 0 saturated carbocycles. The summed E-state index contributed by atoms with van der Waals surface area (Å²) in [4.78, 5) is 2.25. The van der Waals surface area contributed by atoms with E-state index in [2.05, 4.69) is 30.9 Å². The van der Waals surface area contributed by atoms with Crippen LogP contribution >= 0.6 is 0 Å². The molecule has 0 aliphatic rings. The van der Waals surface area contributed by atoms with Gasteiger partial charge in [-0.3, -0.25) is 4.90 Å². The Morgan fingerprint density at radius 3 is 2.33 bits per heavy atom. The van der Waals surface area contributed by atoms with E-state index in [9.17, 15) is 5.11 Å². The predicted molar refractivity (Wildman–Crippen MR) is 144 cm³/mol. The number of hydrogen-bond donors (Lipinski definition) is 1. The quantitative estimate of drug-likeness (QED) is 0.357. The predicted octanol–water partition coefficient (Wildman–Crippen LogP) is 5.52. The first-order valence-electron chi connectivity index (χ1n) is 12.5. The van der Waals surface area contributed by atoms with Crippen LogP contribution in [0.15, 0.2) is 54.6 Å². The molecule has 1 heterocycles. The van der Waals surface area contributed by atoms with Gasteiger partial charge in [0.2, 0.25) is 5.88 Å². The van der Waals surface area contributed by atoms with Crippen molar-refractivity contribution in [2.24, 2.45) is 13.0 Å². The number of aryl methyl sites for hydroxylation is 1. The van der Waals surface area contributed by atoms with Crippen LogP contribution in [0, 0.1) is 5.92 Å². The lowest BCUT2D eigenvalue weighted by atomic mass is 10.1. The van der Waals surface area contributed by atoms with Gasteiger partial charge in [0.05, 0.1) is 31.0 Å². The standard InChI is InChI=1S/C29H41N3O4/c1-21(2)17-32(18-23(33)20-35-29(3,4)5)19-26-27(22-12-9-8-10-13-22)30-31(6)28(26)36-25-15-11-14-24(16-25)34-7/h8-16,21,23,33H,17-20H2,1-7H3/t23-/m1/s1. The molecule has 7 nitrogen and oxygen atoms in total. The molecule has 0 spiro atoms. The minimum Gasteiger partial charge on any atom is -0.497 e. The highest BCUT2D eigenvalue weighted by Crippen LogP contribution is 2.35. The van der Waals surface area contributed by atoms with Crippen molar-refractivity contribution in [2.45, 2.75) is 52.9 Å². The third-order valence-electron chi connectivity index (χ3n) is 5.57. The molecule has 3 rings (SSSR count). The van der Waals surface area contributed by atoms with Crippen LogP contribution in [0.3, 0.4) is 0 Å². The molecule has 0 fully saturated rings. The molecule has 1 N–H and O–H groups in total. The Morgan fingerprint density at radius 1 is 1.00 bits per heavy atom. The van der Waals surface area contributed by atoms with Gasteiger partial charge in [-0.2, -0.15) is 5.10 Å². The summed E-state index contributed by atoms with van der Waals surface area (Å²) < 4.78 is 19.4. The molecule has 196 valence electrons. The molecule has 3 aromatic rings. The normalized spacial score (nSPS) is 12.8. The number of aromatic nitrogens is 2. The smallest absolute Gasteiger partial charge is 0.222 e. The summed E-state index contributed by atoms with van der Waals surface area (Å²) >= 11 is 0. The van der Waals surface area contributed by atoms with Crippen molar-refractivity contribution in [3.05, 3.63) is 60.2 Å². The van der Waals surface area contributed by atoms with Crippen LogP contribution in [0.4, 0.5) is 0 Å². The fourth-order valence-corrected chi connectivity index (χ4v) is 4.07. The number of aliphatic hydroxyl groups excluding tert-OH is 1. The van der Waals surface area contributed by atoms with E-state index in [1.807, 2.05) is 70.3 Å². The minimum atomic E-state index is -0.609. The van der Waals surface area contributed by atoms with Gasteiger partial charge in [-0.25, -0.2) is 4.68 Å². The summed E-state index contributed by atoms with van der Waals surface area (Å²) in [6.07, 6.45) is -0.609. The first-order valence-corrected chi connectivity index (χ1v) is 12.5. The first-order chi connectivity index (χ1) is 17.1. The van der Waals surface area contributed by atoms with Gasteiger partial charge in [-0.1, -0.05) is 50.2 Å². The van der Waals surface area contributed by atoms with Crippen LogP contribution in [0.25, 0.3) is 11.3 Å². The van der Waals surface area contributed by atoms with Crippen molar-refractivity contribution in [1.29, 1.82) is 0 Å². The number of ether oxygens (including phenoxy) is 3. The molecule has 2 aromatic carbocycles. The van der Waals surface area contributed by atoms with Crippen LogP contribution in [0.1, 0.15) is 40.2 Å². The minimum absolute atomic E-state index is 0.282. The van der Waals surface area contributed by atoms with E-state index >= 15 is 0 Å². The van der Waals surface area contributed by atoms with Gasteiger partial charge in [0.1, 0.15) is 17.2 Å². The highest BCUT2D eigenvalue weighted by molar-refractivity contribution is 5.65. The van der Waals surface area contributed by atoms with Crippen LogP contribution in [-0.2, 0) is 18.3 Å². The molecule has 0 amide bonds. The number of hydrogen-bond acceptors (Lipinski definition) is 6. The highest BCUT2D eigenvalue weighted by atomic mass is 16.5. The number of methoxy groups -OCH3 is 1. The monoisotopic (exact) mass is 495 g/mol. The summed E-state index contributed by atoms with van der Waals surface area (Å²) in [6, 6.07) is 17.7. The lowest BCUT2D eigenvalue weighted by Crippen LogP contribution is -2.38. The Balaban J connectivity index is 1.95. The van der Waals surface area contributed by atoms with E-state index in [1.165, 1.54) is 0 Å². The molecule has 0 radical (unpaired) electrons. The Morgan fingerprint density at radius 2 is 1.69 bits per heavy atom. The second-order valence-corrected chi connectivity index (χ2v) is 10.6. The van der Waals surface area contributed by atoms with Gasteiger partial charge < -0.3 is 19.3 Å². The first kappa shape index (κ1) is 27.7. The lowest BCUT2D eigenvalue weighted by Gasteiger charge is -2.28. The fraction of sp³-hybridized carbons (Fsp3) is 0.483. The van der Waals surface area contributed by atoms with E-state index in [-0.39, 0.29) is 12.2 Å². The van der Waals surface area contributed by atoms with E-state index in [0.717, 1.165) is 29.1 Å². The van der Waals surface area contributed by atoms with Crippen LogP contribution in [-0.4, -0.2) is 58.3 Å². The summed E-state index contributed by atoms with van der Waals surface area (Å²) in [5, 5.41) is 15.6. The van der Waals surface area contributed by atoms with Crippen molar-refractivity contribution in [1.82, 2.24) is 14.7 Å². The summed E-state index contributed by atoms with van der Waals surface area (Å²) in [6.45, 7) is 12.5. The molecule has 1 atom stereocenters. The summed E-state index contributed by atoms with van der Waals surface area (Å²) in [7, 11) is 3.53. The van der Waals surface area contributed by atoms with Crippen LogP contribution < -0.4 is 9.47 Å². The largest absolute Gasteiger partial charge is 0.497 e. The maximum Gasteiger partial charge on any atom is 0.222 e. The third kappa shape index (κ3) is 8.08. The zero-order valence-corrected chi connectivity index (χ0v) is 22.7. The summed E-state index contributed by atoms with van der Waals surface area (Å²) in [5.74, 6) is 2.48. The van der Waals surface area contributed by atoms with E-state index in [4.69, 9.17) is 19.3 Å². The lowest BCUT2D eigenvalue weighted by molar-refractivity contribution is -0.0573. The third-order valence-corrected chi connectivity index (χ3v) is 5.57. The second kappa shape index (κ2) is 12.4. The van der Waals surface area contributed by atoms with E-state index in [1.54, 1.807) is 11.8 Å². The van der Waals surface area contributed by atoms with Crippen molar-refractivity contribution in [3.8, 4) is 28.6 Å². The average Bonchev–Trinajstić information content (AvgIpc) is 3.12. The Bertz CT molecular complexity index is 1090. The molecule has 1 aromatic heterocycles. The maximum atomic E-state index is 10.8.